The molecule has 0 unspecified atom stereocenters. The Morgan fingerprint density at radius 1 is 0.912 bits per heavy atom. The number of halogens is 2. The number of nitrogens with one attached hydrogen (secondary N) is 1. The molecule has 2 heterocycles. The third kappa shape index (κ3) is 4.67. The average molecular weight is 460 g/mol. The van der Waals surface area contributed by atoms with Gasteiger partial charge in [0.15, 0.2) is 0 Å². The van der Waals surface area contributed by atoms with Gasteiger partial charge in [0.05, 0.1) is 17.1 Å². The van der Waals surface area contributed by atoms with Crippen molar-refractivity contribution in [3.63, 3.8) is 0 Å². The van der Waals surface area contributed by atoms with E-state index in [9.17, 15) is 13.6 Å². The van der Waals surface area contributed by atoms with Crippen LogP contribution in [0.5, 0.6) is 0 Å². The van der Waals surface area contributed by atoms with E-state index in [0.29, 0.717) is 0 Å². The average Bonchev–Trinajstić information content (AvgIpc) is 3.19. The molecule has 174 valence electrons. The summed E-state index contributed by atoms with van der Waals surface area (Å²) in [5.41, 5.74) is 3.76. The number of hydrogen-bond donors (Lipinski definition) is 1. The quantitative estimate of drug-likeness (QED) is 0.369. The van der Waals surface area contributed by atoms with Crippen molar-refractivity contribution < 1.29 is 8.78 Å². The third-order valence-corrected chi connectivity index (χ3v) is 6.67. The van der Waals surface area contributed by atoms with Crippen LogP contribution < -0.4 is 5.69 Å². The van der Waals surface area contributed by atoms with Gasteiger partial charge in [0.25, 0.3) is 0 Å². The zero-order valence-electron chi connectivity index (χ0n) is 18.8. The summed E-state index contributed by atoms with van der Waals surface area (Å²) in [5.74, 6) is -0.444. The van der Waals surface area contributed by atoms with Gasteiger partial charge in [-0.2, -0.15) is 0 Å². The van der Waals surface area contributed by atoms with E-state index in [1.807, 2.05) is 53.1 Å². The van der Waals surface area contributed by atoms with Gasteiger partial charge < -0.3 is 9.88 Å². The second kappa shape index (κ2) is 9.67. The minimum absolute atomic E-state index is 0.0334. The monoisotopic (exact) mass is 459 g/mol. The number of allylic oxidation sites excluding steroid dienone is 1. The molecule has 0 amide bonds. The van der Waals surface area contributed by atoms with Crippen LogP contribution in [-0.2, 0) is 0 Å². The van der Waals surface area contributed by atoms with Crippen molar-refractivity contribution in [3.8, 4) is 0 Å². The molecule has 0 bridgehead atoms. The summed E-state index contributed by atoms with van der Waals surface area (Å²) in [6, 6.07) is 21.0. The SMILES string of the molecule is O=c1[nH]c2ccccc2n1[C@H]1C=CN(CCCC(c2ccc(F)cc2)c2ccc(F)cc2)CC1. The van der Waals surface area contributed by atoms with Crippen molar-refractivity contribution in [2.75, 3.05) is 13.1 Å². The molecule has 4 aromatic rings. The normalized spacial score (nSPS) is 16.0. The topological polar surface area (TPSA) is 41.0 Å². The minimum Gasteiger partial charge on any atom is -0.377 e. The molecule has 1 aromatic heterocycles. The van der Waals surface area contributed by atoms with E-state index < -0.39 is 0 Å². The van der Waals surface area contributed by atoms with Crippen LogP contribution in [0, 0.1) is 11.6 Å². The number of benzene rings is 3. The molecule has 0 fully saturated rings. The number of hydrogen-bond acceptors (Lipinski definition) is 2. The fourth-order valence-corrected chi connectivity index (χ4v) is 4.91. The third-order valence-electron chi connectivity index (χ3n) is 6.67. The second-order valence-corrected chi connectivity index (χ2v) is 8.85. The summed E-state index contributed by atoms with van der Waals surface area (Å²) in [7, 11) is 0. The summed E-state index contributed by atoms with van der Waals surface area (Å²) in [6.45, 7) is 1.75. The molecule has 6 heteroatoms. The van der Waals surface area contributed by atoms with Gasteiger partial charge >= 0.3 is 5.69 Å². The Hall–Kier alpha value is -3.67. The van der Waals surface area contributed by atoms with E-state index in [2.05, 4.69) is 22.2 Å². The summed E-state index contributed by atoms with van der Waals surface area (Å²) < 4.78 is 28.8. The van der Waals surface area contributed by atoms with E-state index in [1.165, 1.54) is 24.3 Å². The van der Waals surface area contributed by atoms with Gasteiger partial charge in [-0.15, -0.1) is 0 Å². The molecular formula is C28H27F2N3O. The smallest absolute Gasteiger partial charge is 0.327 e. The number of nitrogens with zero attached hydrogens (tertiary/aromatic N) is 2. The van der Waals surface area contributed by atoms with Crippen LogP contribution >= 0.6 is 0 Å². The standard InChI is InChI=1S/C28H27F2N3O/c29-22-11-7-20(8-12-22)25(21-9-13-23(30)14-10-21)4-3-17-32-18-15-24(16-19-32)33-27-6-2-1-5-26(27)31-28(33)34/h1-2,5-15,18,24-25H,3-4,16-17,19H2,(H,31,34)/t24-/m0/s1. The Morgan fingerprint density at radius 2 is 1.56 bits per heavy atom. The fraction of sp³-hybridized carbons (Fsp3) is 0.250. The van der Waals surface area contributed by atoms with Gasteiger partial charge in [0.2, 0.25) is 0 Å². The van der Waals surface area contributed by atoms with E-state index in [-0.39, 0.29) is 29.3 Å². The molecular weight excluding hydrogens is 432 g/mol. The first-order valence-corrected chi connectivity index (χ1v) is 11.7. The Kier molecular flexibility index (Phi) is 6.30. The van der Waals surface area contributed by atoms with Gasteiger partial charge in [-0.3, -0.25) is 4.57 Å². The molecule has 1 aliphatic rings. The number of H-pyrrole nitrogens is 1. The van der Waals surface area contributed by atoms with E-state index in [0.717, 1.165) is 54.5 Å². The van der Waals surface area contributed by atoms with Crippen molar-refractivity contribution in [3.05, 3.63) is 118 Å². The lowest BCUT2D eigenvalue weighted by Crippen LogP contribution is -2.30. The predicted octanol–water partition coefficient (Wildman–Crippen LogP) is 5.98. The molecule has 0 saturated heterocycles. The largest absolute Gasteiger partial charge is 0.377 e. The van der Waals surface area contributed by atoms with Crippen LogP contribution in [0.25, 0.3) is 11.0 Å². The van der Waals surface area contributed by atoms with Gasteiger partial charge in [-0.25, -0.2) is 13.6 Å². The van der Waals surface area contributed by atoms with Crippen LogP contribution in [0.1, 0.15) is 42.3 Å². The van der Waals surface area contributed by atoms with Crippen LogP contribution in [0.2, 0.25) is 0 Å². The molecule has 34 heavy (non-hydrogen) atoms. The Bertz CT molecular complexity index is 1290. The molecule has 5 rings (SSSR count). The van der Waals surface area contributed by atoms with Crippen LogP contribution in [0.3, 0.4) is 0 Å². The summed E-state index contributed by atoms with van der Waals surface area (Å²) in [5, 5.41) is 0. The lowest BCUT2D eigenvalue weighted by atomic mass is 9.87. The van der Waals surface area contributed by atoms with Crippen molar-refractivity contribution >= 4 is 11.0 Å². The minimum atomic E-state index is -0.260. The Balaban J connectivity index is 1.25. The van der Waals surface area contributed by atoms with Gasteiger partial charge in [0, 0.05) is 19.0 Å². The van der Waals surface area contributed by atoms with E-state index >= 15 is 0 Å². The molecule has 1 aliphatic heterocycles. The van der Waals surface area contributed by atoms with E-state index in [1.54, 1.807) is 0 Å². The number of rotatable bonds is 7. The summed E-state index contributed by atoms with van der Waals surface area (Å²) >= 11 is 0. The predicted molar refractivity (Wildman–Crippen MR) is 131 cm³/mol. The number of imidazole rings is 1. The molecule has 4 nitrogen and oxygen atoms in total. The molecule has 0 saturated carbocycles. The molecule has 1 atom stereocenters. The maximum Gasteiger partial charge on any atom is 0.327 e. The Morgan fingerprint density at radius 3 is 2.18 bits per heavy atom. The summed E-state index contributed by atoms with van der Waals surface area (Å²) in [6.07, 6.45) is 6.85. The van der Waals surface area contributed by atoms with Crippen LogP contribution in [0.15, 0.2) is 89.9 Å². The van der Waals surface area contributed by atoms with Crippen LogP contribution in [0.4, 0.5) is 8.78 Å². The van der Waals surface area contributed by atoms with E-state index in [4.69, 9.17) is 0 Å². The number of aromatic amines is 1. The first kappa shape index (κ1) is 22.1. The van der Waals surface area contributed by atoms with Crippen molar-refractivity contribution in [2.24, 2.45) is 0 Å². The highest BCUT2D eigenvalue weighted by molar-refractivity contribution is 5.75. The highest BCUT2D eigenvalue weighted by atomic mass is 19.1. The second-order valence-electron chi connectivity index (χ2n) is 8.85. The highest BCUT2D eigenvalue weighted by Gasteiger charge is 2.20. The molecule has 0 radical (unpaired) electrons. The van der Waals surface area contributed by atoms with Crippen molar-refractivity contribution in [1.29, 1.82) is 0 Å². The summed E-state index contributed by atoms with van der Waals surface area (Å²) in [4.78, 5) is 17.7. The zero-order chi connectivity index (χ0) is 23.5. The maximum atomic E-state index is 13.5. The number of fused-ring (bicyclic) bond motifs is 1. The highest BCUT2D eigenvalue weighted by Crippen LogP contribution is 2.30. The number of para-hydroxylation sites is 2. The lowest BCUT2D eigenvalue weighted by molar-refractivity contribution is 0.314. The molecule has 0 spiro atoms. The van der Waals surface area contributed by atoms with Crippen molar-refractivity contribution in [1.82, 2.24) is 14.5 Å². The van der Waals surface area contributed by atoms with Gasteiger partial charge in [0.1, 0.15) is 11.6 Å². The lowest BCUT2D eigenvalue weighted by Gasteiger charge is -2.29. The van der Waals surface area contributed by atoms with Gasteiger partial charge in [-0.05, 0) is 79.1 Å². The molecule has 1 N–H and O–H groups in total. The number of aromatic nitrogens is 2. The molecule has 0 aliphatic carbocycles. The molecule has 3 aromatic carbocycles. The fourth-order valence-electron chi connectivity index (χ4n) is 4.91. The maximum absolute atomic E-state index is 13.5. The van der Waals surface area contributed by atoms with Crippen LogP contribution in [-0.4, -0.2) is 27.5 Å². The first-order chi connectivity index (χ1) is 16.6. The first-order valence-electron chi connectivity index (χ1n) is 11.7. The van der Waals surface area contributed by atoms with Gasteiger partial charge in [-0.1, -0.05) is 36.4 Å². The zero-order valence-corrected chi connectivity index (χ0v) is 18.8. The van der Waals surface area contributed by atoms with Crippen molar-refractivity contribution in [2.45, 2.75) is 31.2 Å². The Labute approximate surface area is 197 Å².